The molecule has 1 atom stereocenters. The van der Waals surface area contributed by atoms with Crippen LogP contribution in [0.3, 0.4) is 0 Å². The van der Waals surface area contributed by atoms with Gasteiger partial charge in [0.05, 0.1) is 21.6 Å². The van der Waals surface area contributed by atoms with Gasteiger partial charge in [-0.1, -0.05) is 54.1 Å². The Kier molecular flexibility index (Phi) is 7.07. The molecule has 218 valence electrons. The van der Waals surface area contributed by atoms with Gasteiger partial charge in [-0.25, -0.2) is 13.4 Å². The molecule has 0 aliphatic carbocycles. The molecule has 1 unspecified atom stereocenters. The van der Waals surface area contributed by atoms with Crippen molar-refractivity contribution in [2.45, 2.75) is 29.7 Å². The Bertz CT molecular complexity index is 1870. The quantitative estimate of drug-likeness (QED) is 0.242. The minimum Gasteiger partial charge on any atom is -0.489 e. The number of nitrogens with zero attached hydrogens (tertiary/aromatic N) is 3. The fourth-order valence-electron chi connectivity index (χ4n) is 5.97. The number of halogens is 1. The van der Waals surface area contributed by atoms with Crippen molar-refractivity contribution < 1.29 is 17.9 Å². The van der Waals surface area contributed by atoms with Crippen molar-refractivity contribution in [3.63, 3.8) is 0 Å². The number of nitrogens with one attached hydrogen (secondary N) is 1. The number of imidazole rings is 1. The summed E-state index contributed by atoms with van der Waals surface area (Å²) in [7, 11) is -3.96. The molecule has 43 heavy (non-hydrogen) atoms. The summed E-state index contributed by atoms with van der Waals surface area (Å²) < 4.78 is 35.6. The van der Waals surface area contributed by atoms with Gasteiger partial charge in [0.1, 0.15) is 24.2 Å². The van der Waals surface area contributed by atoms with Crippen LogP contribution < -0.4 is 9.04 Å². The fraction of sp³-hybridized carbons (Fsp3) is 0.212. The van der Waals surface area contributed by atoms with Crippen molar-refractivity contribution in [3.05, 3.63) is 119 Å². The van der Waals surface area contributed by atoms with Crippen molar-refractivity contribution in [2.75, 3.05) is 24.0 Å². The first-order chi connectivity index (χ1) is 20.9. The molecular formula is C33H29ClN4O4S. The van der Waals surface area contributed by atoms with E-state index in [2.05, 4.69) is 4.98 Å². The van der Waals surface area contributed by atoms with E-state index < -0.39 is 16.1 Å². The molecule has 0 spiro atoms. The van der Waals surface area contributed by atoms with Crippen LogP contribution in [-0.4, -0.2) is 48.9 Å². The van der Waals surface area contributed by atoms with Gasteiger partial charge in [0, 0.05) is 29.6 Å². The molecule has 0 radical (unpaired) electrons. The number of likely N-dealkylation sites (tertiary alicyclic amines) is 1. The molecule has 7 rings (SSSR count). The van der Waals surface area contributed by atoms with Crippen molar-refractivity contribution in [3.8, 4) is 5.75 Å². The van der Waals surface area contributed by atoms with Gasteiger partial charge in [-0.3, -0.25) is 9.10 Å². The van der Waals surface area contributed by atoms with Gasteiger partial charge in [0.15, 0.2) is 0 Å². The van der Waals surface area contributed by atoms with Gasteiger partial charge < -0.3 is 14.6 Å². The Balaban J connectivity index is 1.15. The van der Waals surface area contributed by atoms with E-state index in [-0.39, 0.29) is 23.3 Å². The highest BCUT2D eigenvalue weighted by Crippen LogP contribution is 2.44. The Morgan fingerprint density at radius 2 is 1.63 bits per heavy atom. The molecule has 10 heteroatoms. The summed E-state index contributed by atoms with van der Waals surface area (Å²) in [4.78, 5) is 23.8. The Morgan fingerprint density at radius 1 is 0.907 bits per heavy atom. The molecule has 1 N–H and O–H groups in total. The van der Waals surface area contributed by atoms with Crippen LogP contribution >= 0.6 is 11.6 Å². The molecular weight excluding hydrogens is 584 g/mol. The molecule has 4 aromatic carbocycles. The Labute approximate surface area is 254 Å². The summed E-state index contributed by atoms with van der Waals surface area (Å²) in [5, 5.41) is 0.558. The van der Waals surface area contributed by atoms with Crippen LogP contribution in [0.15, 0.2) is 102 Å². The number of amides is 1. The van der Waals surface area contributed by atoms with Crippen LogP contribution in [0.25, 0.3) is 11.0 Å². The SMILES string of the molecule is O=C(c1ccc2c(c1)OCC(c1ccc(Cl)cc1)N2S(=O)(=O)c1ccccc1)N1CCC(c2nc3ccccc3[nH]2)CC1. The second kappa shape index (κ2) is 11.1. The largest absolute Gasteiger partial charge is 0.489 e. The van der Waals surface area contributed by atoms with Crippen LogP contribution in [0.4, 0.5) is 5.69 Å². The van der Waals surface area contributed by atoms with E-state index >= 15 is 0 Å². The predicted octanol–water partition coefficient (Wildman–Crippen LogP) is 6.57. The molecule has 2 aliphatic rings. The molecule has 5 aromatic rings. The number of rotatable bonds is 5. The highest BCUT2D eigenvalue weighted by molar-refractivity contribution is 7.92. The van der Waals surface area contributed by atoms with Gasteiger partial charge >= 0.3 is 0 Å². The second-order valence-corrected chi connectivity index (χ2v) is 13.1. The standard InChI is InChI=1S/C33H29ClN4O4S/c34-25-13-10-22(11-14-25)30-21-42-31-20-24(12-15-29(31)38(30)43(40,41)26-6-2-1-3-7-26)33(39)37-18-16-23(17-19-37)32-35-27-8-4-5-9-28(27)36-32/h1-15,20,23,30H,16-19,21H2,(H,35,36). The number of aromatic nitrogens is 2. The lowest BCUT2D eigenvalue weighted by Gasteiger charge is -2.38. The number of hydrogen-bond donors (Lipinski definition) is 1. The zero-order valence-corrected chi connectivity index (χ0v) is 24.8. The van der Waals surface area contributed by atoms with Crippen LogP contribution in [0.1, 0.15) is 46.5 Å². The topological polar surface area (TPSA) is 95.6 Å². The van der Waals surface area contributed by atoms with E-state index in [0.29, 0.717) is 35.1 Å². The minimum atomic E-state index is -3.96. The summed E-state index contributed by atoms with van der Waals surface area (Å²) in [6.45, 7) is 1.29. The number of carbonyl (C=O) groups excluding carboxylic acids is 1. The van der Waals surface area contributed by atoms with Gasteiger partial charge in [-0.05, 0) is 73.0 Å². The molecule has 1 fully saturated rings. The number of hydrogen-bond acceptors (Lipinski definition) is 5. The number of aromatic amines is 1. The number of carbonyl (C=O) groups is 1. The second-order valence-electron chi connectivity index (χ2n) is 10.9. The number of ether oxygens (including phenoxy) is 1. The fourth-order valence-corrected chi connectivity index (χ4v) is 7.75. The smallest absolute Gasteiger partial charge is 0.265 e. The van der Waals surface area contributed by atoms with E-state index in [0.717, 1.165) is 35.3 Å². The number of H-pyrrole nitrogens is 1. The number of fused-ring (bicyclic) bond motifs is 2. The Hall–Kier alpha value is -4.34. The molecule has 0 bridgehead atoms. The lowest BCUT2D eigenvalue weighted by atomic mass is 9.95. The number of anilines is 1. The van der Waals surface area contributed by atoms with Gasteiger partial charge in [-0.15, -0.1) is 0 Å². The third kappa shape index (κ3) is 5.13. The first kappa shape index (κ1) is 27.5. The normalized spacial score (nSPS) is 17.5. The van der Waals surface area contributed by atoms with E-state index in [4.69, 9.17) is 21.3 Å². The molecule has 1 amide bonds. The maximum absolute atomic E-state index is 14.0. The maximum Gasteiger partial charge on any atom is 0.265 e. The van der Waals surface area contributed by atoms with Crippen molar-refractivity contribution in [2.24, 2.45) is 0 Å². The number of benzene rings is 4. The highest BCUT2D eigenvalue weighted by atomic mass is 35.5. The van der Waals surface area contributed by atoms with E-state index in [1.807, 2.05) is 41.3 Å². The van der Waals surface area contributed by atoms with Crippen LogP contribution in [-0.2, 0) is 10.0 Å². The molecule has 3 heterocycles. The summed E-state index contributed by atoms with van der Waals surface area (Å²) in [5.41, 5.74) is 3.57. The van der Waals surface area contributed by atoms with Crippen LogP contribution in [0.5, 0.6) is 5.75 Å². The molecule has 1 aromatic heterocycles. The Morgan fingerprint density at radius 3 is 2.37 bits per heavy atom. The molecule has 2 aliphatic heterocycles. The lowest BCUT2D eigenvalue weighted by Crippen LogP contribution is -2.41. The molecule has 0 saturated carbocycles. The van der Waals surface area contributed by atoms with Crippen LogP contribution in [0.2, 0.25) is 5.02 Å². The summed E-state index contributed by atoms with van der Waals surface area (Å²) in [6, 6.07) is 27.8. The zero-order valence-electron chi connectivity index (χ0n) is 23.2. The lowest BCUT2D eigenvalue weighted by molar-refractivity contribution is 0.0710. The zero-order chi connectivity index (χ0) is 29.6. The average molecular weight is 613 g/mol. The summed E-state index contributed by atoms with van der Waals surface area (Å²) >= 11 is 6.12. The van der Waals surface area contributed by atoms with E-state index in [9.17, 15) is 13.2 Å². The van der Waals surface area contributed by atoms with E-state index in [1.54, 1.807) is 60.7 Å². The van der Waals surface area contributed by atoms with Crippen molar-refractivity contribution >= 4 is 44.3 Å². The number of para-hydroxylation sites is 2. The van der Waals surface area contributed by atoms with Gasteiger partial charge in [0.25, 0.3) is 15.9 Å². The monoisotopic (exact) mass is 612 g/mol. The maximum atomic E-state index is 14.0. The first-order valence-corrected chi connectivity index (χ1v) is 16.1. The average Bonchev–Trinajstić information content (AvgIpc) is 3.49. The molecule has 8 nitrogen and oxygen atoms in total. The van der Waals surface area contributed by atoms with Crippen molar-refractivity contribution in [1.82, 2.24) is 14.9 Å². The first-order valence-electron chi connectivity index (χ1n) is 14.2. The predicted molar refractivity (Wildman–Crippen MR) is 166 cm³/mol. The number of sulfonamides is 1. The van der Waals surface area contributed by atoms with E-state index in [1.165, 1.54) is 4.31 Å². The summed E-state index contributed by atoms with van der Waals surface area (Å²) in [6.07, 6.45) is 1.61. The molecule has 1 saturated heterocycles. The van der Waals surface area contributed by atoms with Crippen LogP contribution in [0, 0.1) is 0 Å². The third-order valence-electron chi connectivity index (χ3n) is 8.26. The minimum absolute atomic E-state index is 0.0846. The van der Waals surface area contributed by atoms with Crippen molar-refractivity contribution in [1.29, 1.82) is 0 Å². The van der Waals surface area contributed by atoms with Gasteiger partial charge in [-0.2, -0.15) is 0 Å². The summed E-state index contributed by atoms with van der Waals surface area (Å²) in [5.74, 6) is 1.47. The van der Waals surface area contributed by atoms with Gasteiger partial charge in [0.2, 0.25) is 0 Å². The third-order valence-corrected chi connectivity index (χ3v) is 10.3. The highest BCUT2D eigenvalue weighted by Gasteiger charge is 2.39. The number of piperidine rings is 1.